The summed E-state index contributed by atoms with van der Waals surface area (Å²) in [5.41, 5.74) is 0.588. The van der Waals surface area contributed by atoms with E-state index < -0.39 is 0 Å². The number of rotatable bonds is 6. The summed E-state index contributed by atoms with van der Waals surface area (Å²) in [4.78, 5) is 11.5. The van der Waals surface area contributed by atoms with Crippen LogP contribution < -0.4 is 5.32 Å². The van der Waals surface area contributed by atoms with E-state index in [1.54, 1.807) is 18.2 Å². The van der Waals surface area contributed by atoms with Gasteiger partial charge in [0.05, 0.1) is 12.5 Å². The van der Waals surface area contributed by atoms with Crippen LogP contribution in [0, 0.1) is 11.7 Å². The van der Waals surface area contributed by atoms with Crippen LogP contribution in [0.25, 0.3) is 0 Å². The summed E-state index contributed by atoms with van der Waals surface area (Å²) in [6, 6.07) is 6.50. The number of halogens is 1. The summed E-state index contributed by atoms with van der Waals surface area (Å²) >= 11 is 0. The lowest BCUT2D eigenvalue weighted by Gasteiger charge is -2.12. The molecule has 2 N–H and O–H groups in total. The molecule has 0 aliphatic rings. The third kappa shape index (κ3) is 4.15. The standard InChI is InChI=1S/C13H18FNO2/c1-2-10(9-16)13(17)15-8-7-11-5-3-4-6-12(11)14/h3-6,10,16H,2,7-9H2,1H3,(H,15,17). The van der Waals surface area contributed by atoms with Gasteiger partial charge < -0.3 is 10.4 Å². The Labute approximate surface area is 101 Å². The molecule has 0 saturated heterocycles. The minimum absolute atomic E-state index is 0.151. The second-order valence-electron chi connectivity index (χ2n) is 3.92. The van der Waals surface area contributed by atoms with Crippen molar-refractivity contribution in [2.75, 3.05) is 13.2 Å². The van der Waals surface area contributed by atoms with Gasteiger partial charge >= 0.3 is 0 Å². The minimum atomic E-state index is -0.365. The van der Waals surface area contributed by atoms with Crippen LogP contribution in [0.15, 0.2) is 24.3 Å². The van der Waals surface area contributed by atoms with Gasteiger partial charge in [-0.05, 0) is 24.5 Å². The lowest BCUT2D eigenvalue weighted by molar-refractivity contribution is -0.126. The van der Waals surface area contributed by atoms with Crippen molar-refractivity contribution in [3.05, 3.63) is 35.6 Å². The zero-order valence-electron chi connectivity index (χ0n) is 9.95. The molecule has 3 nitrogen and oxygen atoms in total. The van der Waals surface area contributed by atoms with Gasteiger partial charge in [-0.3, -0.25) is 4.79 Å². The molecule has 1 aromatic carbocycles. The Kier molecular flexibility index (Phi) is 5.63. The second-order valence-corrected chi connectivity index (χ2v) is 3.92. The molecule has 0 bridgehead atoms. The smallest absolute Gasteiger partial charge is 0.225 e. The van der Waals surface area contributed by atoms with Crippen LogP contribution in [0.1, 0.15) is 18.9 Å². The van der Waals surface area contributed by atoms with E-state index in [1.807, 2.05) is 6.92 Å². The average molecular weight is 239 g/mol. The van der Waals surface area contributed by atoms with Gasteiger partial charge in [-0.1, -0.05) is 25.1 Å². The van der Waals surface area contributed by atoms with E-state index >= 15 is 0 Å². The number of carbonyl (C=O) groups excluding carboxylic acids is 1. The highest BCUT2D eigenvalue weighted by Crippen LogP contribution is 2.06. The Morgan fingerprint density at radius 1 is 1.47 bits per heavy atom. The molecule has 0 radical (unpaired) electrons. The minimum Gasteiger partial charge on any atom is -0.396 e. The highest BCUT2D eigenvalue weighted by atomic mass is 19.1. The Balaban J connectivity index is 2.38. The van der Waals surface area contributed by atoms with Gasteiger partial charge in [-0.2, -0.15) is 0 Å². The van der Waals surface area contributed by atoms with Crippen LogP contribution in [0.5, 0.6) is 0 Å². The largest absolute Gasteiger partial charge is 0.396 e. The molecular weight excluding hydrogens is 221 g/mol. The highest BCUT2D eigenvalue weighted by molar-refractivity contribution is 5.78. The van der Waals surface area contributed by atoms with E-state index in [2.05, 4.69) is 5.32 Å². The van der Waals surface area contributed by atoms with Gasteiger partial charge in [0.25, 0.3) is 0 Å². The van der Waals surface area contributed by atoms with Crippen molar-refractivity contribution in [1.82, 2.24) is 5.32 Å². The fourth-order valence-corrected chi connectivity index (χ4v) is 1.56. The summed E-state index contributed by atoms with van der Waals surface area (Å²) < 4.78 is 13.3. The zero-order chi connectivity index (χ0) is 12.7. The maximum absolute atomic E-state index is 13.3. The molecule has 0 saturated carbocycles. The maximum Gasteiger partial charge on any atom is 0.225 e. The van der Waals surface area contributed by atoms with Gasteiger partial charge in [0.15, 0.2) is 0 Å². The molecule has 1 unspecified atom stereocenters. The van der Waals surface area contributed by atoms with Gasteiger partial charge in [-0.25, -0.2) is 4.39 Å². The van der Waals surface area contributed by atoms with Crippen LogP contribution in [-0.2, 0) is 11.2 Å². The first-order chi connectivity index (χ1) is 8.19. The van der Waals surface area contributed by atoms with Gasteiger partial charge in [0.2, 0.25) is 5.91 Å². The zero-order valence-corrected chi connectivity index (χ0v) is 9.95. The van der Waals surface area contributed by atoms with Crippen LogP contribution in [0.3, 0.4) is 0 Å². The summed E-state index contributed by atoms with van der Waals surface area (Å²) in [6.07, 6.45) is 1.06. The monoisotopic (exact) mass is 239 g/mol. The first-order valence-electron chi connectivity index (χ1n) is 5.81. The summed E-state index contributed by atoms with van der Waals surface area (Å²) in [6.45, 7) is 2.08. The molecule has 1 atom stereocenters. The number of amides is 1. The molecule has 0 spiro atoms. The second kappa shape index (κ2) is 7.01. The Morgan fingerprint density at radius 2 is 2.18 bits per heavy atom. The maximum atomic E-state index is 13.3. The lowest BCUT2D eigenvalue weighted by Crippen LogP contribution is -2.33. The highest BCUT2D eigenvalue weighted by Gasteiger charge is 2.14. The third-order valence-electron chi connectivity index (χ3n) is 2.74. The van der Waals surface area contributed by atoms with Crippen molar-refractivity contribution in [2.24, 2.45) is 5.92 Å². The van der Waals surface area contributed by atoms with E-state index in [9.17, 15) is 9.18 Å². The number of nitrogens with one attached hydrogen (secondary N) is 1. The van der Waals surface area contributed by atoms with Crippen molar-refractivity contribution in [2.45, 2.75) is 19.8 Å². The number of hydrogen-bond acceptors (Lipinski definition) is 2. The molecule has 1 amide bonds. The predicted molar refractivity (Wildman–Crippen MR) is 64.0 cm³/mol. The van der Waals surface area contributed by atoms with Gasteiger partial charge in [0.1, 0.15) is 5.82 Å². The fourth-order valence-electron chi connectivity index (χ4n) is 1.56. The summed E-state index contributed by atoms with van der Waals surface area (Å²) in [5.74, 6) is -0.794. The molecule has 0 fully saturated rings. The van der Waals surface area contributed by atoms with E-state index in [-0.39, 0.29) is 24.2 Å². The van der Waals surface area contributed by atoms with Gasteiger partial charge in [0, 0.05) is 6.54 Å². The molecule has 0 aromatic heterocycles. The quantitative estimate of drug-likeness (QED) is 0.790. The van der Waals surface area contributed by atoms with Crippen LogP contribution >= 0.6 is 0 Å². The average Bonchev–Trinajstić information content (AvgIpc) is 2.33. The molecule has 17 heavy (non-hydrogen) atoms. The topological polar surface area (TPSA) is 49.3 Å². The Morgan fingerprint density at radius 3 is 2.76 bits per heavy atom. The van der Waals surface area contributed by atoms with Gasteiger partial charge in [-0.15, -0.1) is 0 Å². The number of aliphatic hydroxyl groups excluding tert-OH is 1. The van der Waals surface area contributed by atoms with Crippen molar-refractivity contribution in [1.29, 1.82) is 0 Å². The van der Waals surface area contributed by atoms with Crippen molar-refractivity contribution >= 4 is 5.91 Å². The summed E-state index contributed by atoms with van der Waals surface area (Å²) in [5, 5.41) is 11.6. The number of aliphatic hydroxyl groups is 1. The Hall–Kier alpha value is -1.42. The van der Waals surface area contributed by atoms with E-state index in [1.165, 1.54) is 6.07 Å². The van der Waals surface area contributed by atoms with Crippen LogP contribution in [0.2, 0.25) is 0 Å². The first kappa shape index (κ1) is 13.6. The van der Waals surface area contributed by atoms with E-state index in [0.29, 0.717) is 24.9 Å². The van der Waals surface area contributed by atoms with E-state index in [4.69, 9.17) is 5.11 Å². The SMILES string of the molecule is CCC(CO)C(=O)NCCc1ccccc1F. The molecule has 4 heteroatoms. The molecular formula is C13H18FNO2. The normalized spacial score (nSPS) is 12.2. The third-order valence-corrected chi connectivity index (χ3v) is 2.74. The Bertz CT molecular complexity index is 364. The first-order valence-corrected chi connectivity index (χ1v) is 5.81. The molecule has 0 heterocycles. The van der Waals surface area contributed by atoms with Crippen molar-refractivity contribution in [3.8, 4) is 0 Å². The predicted octanol–water partition coefficient (Wildman–Crippen LogP) is 1.50. The molecule has 94 valence electrons. The molecule has 0 aliphatic heterocycles. The molecule has 1 rings (SSSR count). The lowest BCUT2D eigenvalue weighted by atomic mass is 10.1. The fraction of sp³-hybridized carbons (Fsp3) is 0.462. The van der Waals surface area contributed by atoms with Crippen LogP contribution in [-0.4, -0.2) is 24.2 Å². The van der Waals surface area contributed by atoms with Crippen molar-refractivity contribution in [3.63, 3.8) is 0 Å². The summed E-state index contributed by atoms with van der Waals surface area (Å²) in [7, 11) is 0. The molecule has 1 aromatic rings. The van der Waals surface area contributed by atoms with Crippen molar-refractivity contribution < 1.29 is 14.3 Å². The molecule has 0 aliphatic carbocycles. The number of benzene rings is 1. The van der Waals surface area contributed by atoms with E-state index in [0.717, 1.165) is 0 Å². The number of carbonyl (C=O) groups is 1. The van der Waals surface area contributed by atoms with Crippen LogP contribution in [0.4, 0.5) is 4.39 Å². The number of hydrogen-bond donors (Lipinski definition) is 2.